The summed E-state index contributed by atoms with van der Waals surface area (Å²) in [4.78, 5) is 11.3. The molecule has 0 aliphatic heterocycles. The van der Waals surface area contributed by atoms with E-state index in [1.165, 1.54) is 12.4 Å². The molecule has 1 heterocycles. The van der Waals surface area contributed by atoms with Gasteiger partial charge in [-0.15, -0.1) is 0 Å². The first-order valence-electron chi connectivity index (χ1n) is 7.31. The fourth-order valence-electron chi connectivity index (χ4n) is 2.14. The summed E-state index contributed by atoms with van der Waals surface area (Å²) in [6.45, 7) is 14.6. The van der Waals surface area contributed by atoms with Gasteiger partial charge in [-0.1, -0.05) is 13.2 Å². The lowest BCUT2D eigenvalue weighted by molar-refractivity contribution is 0.430. The van der Waals surface area contributed by atoms with Gasteiger partial charge in [-0.2, -0.15) is 4.99 Å². The zero-order valence-corrected chi connectivity index (χ0v) is 14.4. The van der Waals surface area contributed by atoms with E-state index in [0.29, 0.717) is 29.4 Å². The molecule has 0 fully saturated rings. The minimum Gasteiger partial charge on any atom is -0.512 e. The third kappa shape index (κ3) is 4.49. The van der Waals surface area contributed by atoms with Crippen molar-refractivity contribution in [3.05, 3.63) is 54.3 Å². The largest absolute Gasteiger partial charge is 0.512 e. The Morgan fingerprint density at radius 2 is 2.00 bits per heavy atom. The van der Waals surface area contributed by atoms with Crippen LogP contribution in [-0.4, -0.2) is 27.3 Å². The highest BCUT2D eigenvalue weighted by atomic mass is 16.5. The number of allylic oxidation sites excluding steroid dienone is 3. The second kappa shape index (κ2) is 8.57. The van der Waals surface area contributed by atoms with Gasteiger partial charge in [0.15, 0.2) is 11.7 Å². The second-order valence-corrected chi connectivity index (χ2v) is 5.03. The zero-order valence-electron chi connectivity index (χ0n) is 14.4. The van der Waals surface area contributed by atoms with Gasteiger partial charge in [-0.3, -0.25) is 4.99 Å². The third-order valence-electron chi connectivity index (χ3n) is 3.16. The van der Waals surface area contributed by atoms with E-state index < -0.39 is 0 Å². The third-order valence-corrected chi connectivity index (χ3v) is 3.16. The van der Waals surface area contributed by atoms with E-state index in [4.69, 9.17) is 9.84 Å². The van der Waals surface area contributed by atoms with Gasteiger partial charge in [0, 0.05) is 18.7 Å². The first-order valence-corrected chi connectivity index (χ1v) is 7.31. The van der Waals surface area contributed by atoms with E-state index in [2.05, 4.69) is 28.1 Å². The number of nitrogens with zero attached hydrogens (tertiary/aromatic N) is 2. The molecule has 128 valence electrons. The molecule has 0 spiro atoms. The molecule has 0 saturated heterocycles. The fourth-order valence-corrected chi connectivity index (χ4v) is 2.14. The van der Waals surface area contributed by atoms with Crippen LogP contribution in [0.1, 0.15) is 37.6 Å². The van der Waals surface area contributed by atoms with Gasteiger partial charge in [-0.25, -0.2) is 0 Å². The lowest BCUT2D eigenvalue weighted by Gasteiger charge is -2.05. The zero-order chi connectivity index (χ0) is 18.3. The minimum absolute atomic E-state index is 0.276. The average molecular weight is 329 g/mol. The Hall–Kier alpha value is -3.02. The summed E-state index contributed by atoms with van der Waals surface area (Å²) in [6, 6.07) is 0. The summed E-state index contributed by atoms with van der Waals surface area (Å²) in [5, 5.41) is 18.8. The Labute approximate surface area is 141 Å². The molecule has 6 nitrogen and oxygen atoms in total. The van der Waals surface area contributed by atoms with E-state index in [1.807, 2.05) is 13.8 Å². The lowest BCUT2D eigenvalue weighted by Crippen LogP contribution is -2.00. The molecule has 0 saturated carbocycles. The van der Waals surface area contributed by atoms with Gasteiger partial charge in [0.2, 0.25) is 0 Å². The highest BCUT2D eigenvalue weighted by Gasteiger charge is 2.17. The Kier molecular flexibility index (Phi) is 6.79. The number of aliphatic imine (C=N–C) groups is 2. The standard InChI is InChI=1S/C18H23N3O3/c1-7-14(9-19-8-2)24-13(6)20-18-16(11(3)4)12(5)17(21-18)15(23)10-22/h7-10,21-23H,2-3H2,1,4-6H3/b14-7+,15-10-,19-9?,20-13+. The summed E-state index contributed by atoms with van der Waals surface area (Å²) in [5.74, 6) is 1.11. The number of ether oxygens (including phenoxy) is 1. The second-order valence-electron chi connectivity index (χ2n) is 5.03. The molecule has 3 N–H and O–H groups in total. The summed E-state index contributed by atoms with van der Waals surface area (Å²) < 4.78 is 5.61. The SMILES string of the molecule is C=CN=C/C(=C\C)O/C(C)=N/c1[nH]c(/C(O)=C/O)c(C)c1C(=C)C. The molecule has 0 bridgehead atoms. The molecule has 0 aliphatic carbocycles. The lowest BCUT2D eigenvalue weighted by atomic mass is 10.1. The van der Waals surface area contributed by atoms with Crippen LogP contribution in [-0.2, 0) is 4.74 Å². The molecular formula is C18H23N3O3. The van der Waals surface area contributed by atoms with Crippen LogP contribution in [0.2, 0.25) is 0 Å². The summed E-state index contributed by atoms with van der Waals surface area (Å²) in [6.07, 6.45) is 5.31. The fraction of sp³-hybridized carbons (Fsp3) is 0.222. The molecule has 1 aromatic rings. The van der Waals surface area contributed by atoms with Gasteiger partial charge in [0.25, 0.3) is 0 Å². The Morgan fingerprint density at radius 3 is 2.50 bits per heavy atom. The molecule has 1 aromatic heterocycles. The number of nitrogens with one attached hydrogen (secondary N) is 1. The van der Waals surface area contributed by atoms with E-state index in [1.54, 1.807) is 19.9 Å². The number of hydrogen-bond acceptors (Lipinski definition) is 5. The van der Waals surface area contributed by atoms with E-state index in [-0.39, 0.29) is 5.76 Å². The average Bonchev–Trinajstić information content (AvgIpc) is 2.86. The number of aromatic amines is 1. The minimum atomic E-state index is -0.276. The monoisotopic (exact) mass is 329 g/mol. The van der Waals surface area contributed by atoms with Crippen LogP contribution in [0.5, 0.6) is 0 Å². The predicted octanol–water partition coefficient (Wildman–Crippen LogP) is 4.96. The van der Waals surface area contributed by atoms with Crippen LogP contribution in [0, 0.1) is 6.92 Å². The van der Waals surface area contributed by atoms with Crippen molar-refractivity contribution in [2.24, 2.45) is 9.98 Å². The van der Waals surface area contributed by atoms with Crippen LogP contribution in [0.3, 0.4) is 0 Å². The van der Waals surface area contributed by atoms with Crippen LogP contribution in [0.15, 0.2) is 47.4 Å². The molecule has 0 aliphatic rings. The highest BCUT2D eigenvalue weighted by molar-refractivity contribution is 5.87. The van der Waals surface area contributed by atoms with Gasteiger partial charge in [0.05, 0.1) is 11.9 Å². The normalized spacial score (nSPS) is 13.4. The van der Waals surface area contributed by atoms with E-state index in [9.17, 15) is 5.11 Å². The van der Waals surface area contributed by atoms with Gasteiger partial charge >= 0.3 is 0 Å². The number of hydrogen-bond donors (Lipinski definition) is 3. The molecule has 1 rings (SSSR count). The van der Waals surface area contributed by atoms with Crippen molar-refractivity contribution in [3.8, 4) is 0 Å². The molecule has 0 amide bonds. The van der Waals surface area contributed by atoms with Crippen molar-refractivity contribution >= 4 is 29.3 Å². The number of aliphatic hydroxyl groups is 2. The van der Waals surface area contributed by atoms with Gasteiger partial charge < -0.3 is 19.9 Å². The summed E-state index contributed by atoms with van der Waals surface area (Å²) >= 11 is 0. The van der Waals surface area contributed by atoms with Crippen molar-refractivity contribution in [1.29, 1.82) is 0 Å². The molecule has 24 heavy (non-hydrogen) atoms. The smallest absolute Gasteiger partial charge is 0.193 e. The van der Waals surface area contributed by atoms with Crippen molar-refractivity contribution in [3.63, 3.8) is 0 Å². The Bertz CT molecular complexity index is 750. The van der Waals surface area contributed by atoms with Gasteiger partial charge in [-0.05, 0) is 38.0 Å². The van der Waals surface area contributed by atoms with E-state index >= 15 is 0 Å². The molecule has 0 unspecified atom stereocenters. The number of aromatic nitrogens is 1. The maximum absolute atomic E-state index is 9.78. The quantitative estimate of drug-likeness (QED) is 0.391. The van der Waals surface area contributed by atoms with Crippen LogP contribution in [0.25, 0.3) is 11.3 Å². The van der Waals surface area contributed by atoms with Crippen molar-refractivity contribution in [2.75, 3.05) is 0 Å². The highest BCUT2D eigenvalue weighted by Crippen LogP contribution is 2.33. The van der Waals surface area contributed by atoms with E-state index in [0.717, 1.165) is 16.7 Å². The molecule has 0 radical (unpaired) electrons. The molecular weight excluding hydrogens is 306 g/mol. The summed E-state index contributed by atoms with van der Waals surface area (Å²) in [5.41, 5.74) is 2.63. The van der Waals surface area contributed by atoms with Crippen molar-refractivity contribution in [1.82, 2.24) is 4.98 Å². The Morgan fingerprint density at radius 1 is 1.33 bits per heavy atom. The van der Waals surface area contributed by atoms with Gasteiger partial charge in [0.1, 0.15) is 17.8 Å². The number of aliphatic hydroxyl groups excluding tert-OH is 2. The number of rotatable bonds is 6. The maximum atomic E-state index is 9.78. The molecule has 0 aromatic carbocycles. The Balaban J connectivity index is 3.28. The molecule has 6 heteroatoms. The van der Waals surface area contributed by atoms with Crippen LogP contribution >= 0.6 is 0 Å². The van der Waals surface area contributed by atoms with Crippen LogP contribution < -0.4 is 0 Å². The first-order chi connectivity index (χ1) is 11.3. The van der Waals surface area contributed by atoms with Crippen LogP contribution in [0.4, 0.5) is 5.82 Å². The summed E-state index contributed by atoms with van der Waals surface area (Å²) in [7, 11) is 0. The number of H-pyrrole nitrogens is 1. The maximum Gasteiger partial charge on any atom is 0.193 e. The van der Waals surface area contributed by atoms with Crippen molar-refractivity contribution in [2.45, 2.75) is 27.7 Å². The topological polar surface area (TPSA) is 90.2 Å². The molecule has 0 atom stereocenters. The van der Waals surface area contributed by atoms with Crippen molar-refractivity contribution < 1.29 is 14.9 Å². The first kappa shape index (κ1) is 19.0. The predicted molar refractivity (Wildman–Crippen MR) is 99.8 cm³/mol.